The Morgan fingerprint density at radius 1 is 1.00 bits per heavy atom. The summed E-state index contributed by atoms with van der Waals surface area (Å²) in [4.78, 5) is 22.1. The average molecular weight is 236 g/mol. The normalized spacial score (nSPS) is 15.9. The summed E-state index contributed by atoms with van der Waals surface area (Å²) < 4.78 is 0. The second-order valence-electron chi connectivity index (χ2n) is 4.19. The quantitative estimate of drug-likeness (QED) is 0.822. The van der Waals surface area contributed by atoms with Crippen molar-refractivity contribution in [2.24, 2.45) is 11.8 Å². The van der Waals surface area contributed by atoms with E-state index in [0.29, 0.717) is 0 Å². The van der Waals surface area contributed by atoms with Gasteiger partial charge in [-0.2, -0.15) is 0 Å². The van der Waals surface area contributed by atoms with Crippen LogP contribution in [-0.4, -0.2) is 22.2 Å². The van der Waals surface area contributed by atoms with Crippen LogP contribution in [-0.2, 0) is 9.59 Å². The van der Waals surface area contributed by atoms with Crippen molar-refractivity contribution in [2.75, 3.05) is 0 Å². The number of carboxylic acids is 2. The third-order valence-corrected chi connectivity index (χ3v) is 3.08. The minimum Gasteiger partial charge on any atom is -0.481 e. The molecular weight excluding hydrogens is 220 g/mol. The summed E-state index contributed by atoms with van der Waals surface area (Å²) in [6.07, 6.45) is 0. The molecule has 0 amide bonds. The van der Waals surface area contributed by atoms with E-state index in [-0.39, 0.29) is 5.92 Å². The predicted octanol–water partition coefficient (Wildman–Crippen LogP) is 2.21. The summed E-state index contributed by atoms with van der Waals surface area (Å²) in [5, 5.41) is 18.1. The van der Waals surface area contributed by atoms with Crippen LogP contribution >= 0.6 is 0 Å². The molecule has 17 heavy (non-hydrogen) atoms. The number of hydrogen-bond donors (Lipinski definition) is 2. The van der Waals surface area contributed by atoms with Crippen LogP contribution in [0.1, 0.15) is 25.3 Å². The van der Waals surface area contributed by atoms with E-state index < -0.39 is 23.8 Å². The van der Waals surface area contributed by atoms with Crippen LogP contribution in [0, 0.1) is 11.8 Å². The number of aliphatic carboxylic acids is 2. The van der Waals surface area contributed by atoms with E-state index in [4.69, 9.17) is 10.2 Å². The Morgan fingerprint density at radius 2 is 1.53 bits per heavy atom. The highest BCUT2D eigenvalue weighted by Gasteiger charge is 2.35. The Labute approximate surface area is 99.9 Å². The molecule has 0 saturated heterocycles. The molecule has 2 N–H and O–H groups in total. The summed E-state index contributed by atoms with van der Waals surface area (Å²) in [5.41, 5.74) is 0.841. The standard InChI is InChI=1S/C13H16O4/c1-8(10-6-4-3-5-7-10)11(13(16)17)9(2)12(14)15/h3-9,11H,1-2H3,(H,14,15)(H,16,17)/t8-,9+,11+/m1/s1. The van der Waals surface area contributed by atoms with E-state index >= 15 is 0 Å². The number of benzene rings is 1. The van der Waals surface area contributed by atoms with E-state index in [0.717, 1.165) is 5.56 Å². The SMILES string of the molecule is C[C@H](C(=O)O)[C@@H](C(=O)O)[C@H](C)c1ccccc1. The van der Waals surface area contributed by atoms with Crippen molar-refractivity contribution in [1.82, 2.24) is 0 Å². The van der Waals surface area contributed by atoms with E-state index in [1.54, 1.807) is 6.92 Å². The molecule has 0 bridgehead atoms. The average Bonchev–Trinajstić information content (AvgIpc) is 2.29. The first-order chi connectivity index (χ1) is 7.95. The molecule has 0 heterocycles. The van der Waals surface area contributed by atoms with Gasteiger partial charge in [-0.3, -0.25) is 9.59 Å². The molecule has 0 spiro atoms. The third-order valence-electron chi connectivity index (χ3n) is 3.08. The maximum absolute atomic E-state index is 11.2. The van der Waals surface area contributed by atoms with E-state index in [1.807, 2.05) is 30.3 Å². The summed E-state index contributed by atoms with van der Waals surface area (Å²) >= 11 is 0. The van der Waals surface area contributed by atoms with Crippen LogP contribution in [0.3, 0.4) is 0 Å². The molecule has 4 nitrogen and oxygen atoms in total. The minimum atomic E-state index is -1.08. The van der Waals surface area contributed by atoms with E-state index in [1.165, 1.54) is 6.92 Å². The molecule has 1 aromatic carbocycles. The first-order valence-electron chi connectivity index (χ1n) is 5.45. The van der Waals surface area contributed by atoms with Gasteiger partial charge in [0.15, 0.2) is 0 Å². The van der Waals surface area contributed by atoms with Gasteiger partial charge >= 0.3 is 11.9 Å². The molecule has 0 aliphatic rings. The monoisotopic (exact) mass is 236 g/mol. The number of carbonyl (C=O) groups is 2. The summed E-state index contributed by atoms with van der Waals surface area (Å²) in [7, 11) is 0. The minimum absolute atomic E-state index is 0.334. The Hall–Kier alpha value is -1.84. The molecule has 92 valence electrons. The number of hydrogen-bond acceptors (Lipinski definition) is 2. The van der Waals surface area contributed by atoms with Crippen molar-refractivity contribution in [3.8, 4) is 0 Å². The maximum atomic E-state index is 11.2. The second kappa shape index (κ2) is 5.48. The molecule has 0 fully saturated rings. The molecule has 0 aliphatic carbocycles. The van der Waals surface area contributed by atoms with Gasteiger partial charge in [0, 0.05) is 0 Å². The number of rotatable bonds is 5. The Bertz CT molecular complexity index is 399. The van der Waals surface area contributed by atoms with Crippen molar-refractivity contribution >= 4 is 11.9 Å². The fraction of sp³-hybridized carbons (Fsp3) is 0.385. The second-order valence-corrected chi connectivity index (χ2v) is 4.19. The van der Waals surface area contributed by atoms with Crippen LogP contribution in [0.25, 0.3) is 0 Å². The molecule has 4 heteroatoms. The fourth-order valence-electron chi connectivity index (χ4n) is 1.98. The smallest absolute Gasteiger partial charge is 0.307 e. The lowest BCUT2D eigenvalue weighted by Crippen LogP contribution is -2.31. The van der Waals surface area contributed by atoms with Gasteiger partial charge in [0.1, 0.15) is 0 Å². The summed E-state index contributed by atoms with van der Waals surface area (Å²) in [5.74, 6) is -4.33. The van der Waals surface area contributed by atoms with E-state index in [2.05, 4.69) is 0 Å². The highest BCUT2D eigenvalue weighted by atomic mass is 16.4. The number of carboxylic acid groups (broad SMARTS) is 2. The zero-order valence-corrected chi connectivity index (χ0v) is 9.83. The molecule has 1 rings (SSSR count). The zero-order chi connectivity index (χ0) is 13.0. The largest absolute Gasteiger partial charge is 0.481 e. The molecule has 0 unspecified atom stereocenters. The first-order valence-corrected chi connectivity index (χ1v) is 5.45. The van der Waals surface area contributed by atoms with Gasteiger partial charge in [0.25, 0.3) is 0 Å². The van der Waals surface area contributed by atoms with Gasteiger partial charge in [-0.05, 0) is 11.5 Å². The van der Waals surface area contributed by atoms with Crippen molar-refractivity contribution in [2.45, 2.75) is 19.8 Å². The molecule has 0 aromatic heterocycles. The van der Waals surface area contributed by atoms with Crippen LogP contribution < -0.4 is 0 Å². The molecule has 1 aromatic rings. The summed E-state index contributed by atoms with van der Waals surface area (Å²) in [6, 6.07) is 9.10. The highest BCUT2D eigenvalue weighted by molar-refractivity contribution is 5.80. The zero-order valence-electron chi connectivity index (χ0n) is 9.83. The third kappa shape index (κ3) is 3.06. The molecule has 3 atom stereocenters. The summed E-state index contributed by atoms with van der Waals surface area (Å²) in [6.45, 7) is 3.17. The highest BCUT2D eigenvalue weighted by Crippen LogP contribution is 2.30. The van der Waals surface area contributed by atoms with E-state index in [9.17, 15) is 9.59 Å². The van der Waals surface area contributed by atoms with Gasteiger partial charge in [0.05, 0.1) is 11.8 Å². The molecule has 0 radical (unpaired) electrons. The Balaban J connectivity index is 3.00. The predicted molar refractivity (Wildman–Crippen MR) is 62.8 cm³/mol. The Morgan fingerprint density at radius 3 is 1.94 bits per heavy atom. The Kier molecular flexibility index (Phi) is 4.26. The topological polar surface area (TPSA) is 74.6 Å². The van der Waals surface area contributed by atoms with Gasteiger partial charge in [-0.15, -0.1) is 0 Å². The van der Waals surface area contributed by atoms with Crippen LogP contribution in [0.2, 0.25) is 0 Å². The molecular formula is C13H16O4. The van der Waals surface area contributed by atoms with Crippen LogP contribution in [0.4, 0.5) is 0 Å². The molecule has 0 saturated carbocycles. The van der Waals surface area contributed by atoms with Crippen molar-refractivity contribution in [3.63, 3.8) is 0 Å². The van der Waals surface area contributed by atoms with Gasteiger partial charge in [-0.1, -0.05) is 44.2 Å². The molecule has 0 aliphatic heterocycles. The maximum Gasteiger partial charge on any atom is 0.307 e. The van der Waals surface area contributed by atoms with Gasteiger partial charge < -0.3 is 10.2 Å². The van der Waals surface area contributed by atoms with Crippen molar-refractivity contribution < 1.29 is 19.8 Å². The lowest BCUT2D eigenvalue weighted by atomic mass is 9.80. The lowest BCUT2D eigenvalue weighted by Gasteiger charge is -2.23. The van der Waals surface area contributed by atoms with Gasteiger partial charge in [0.2, 0.25) is 0 Å². The van der Waals surface area contributed by atoms with Crippen LogP contribution in [0.5, 0.6) is 0 Å². The first kappa shape index (κ1) is 13.2. The lowest BCUT2D eigenvalue weighted by molar-refractivity contribution is -0.153. The van der Waals surface area contributed by atoms with Crippen molar-refractivity contribution in [3.05, 3.63) is 35.9 Å². The fourth-order valence-corrected chi connectivity index (χ4v) is 1.98. The van der Waals surface area contributed by atoms with Gasteiger partial charge in [-0.25, -0.2) is 0 Å². The van der Waals surface area contributed by atoms with Crippen molar-refractivity contribution in [1.29, 1.82) is 0 Å². The van der Waals surface area contributed by atoms with Crippen LogP contribution in [0.15, 0.2) is 30.3 Å².